The van der Waals surface area contributed by atoms with Gasteiger partial charge in [-0.25, -0.2) is 4.79 Å². The molecule has 2 N–H and O–H groups in total. The van der Waals surface area contributed by atoms with Crippen LogP contribution in [0.4, 0.5) is 4.79 Å². The van der Waals surface area contributed by atoms with E-state index in [-0.39, 0.29) is 12.1 Å². The predicted molar refractivity (Wildman–Crippen MR) is 84.7 cm³/mol. The lowest BCUT2D eigenvalue weighted by atomic mass is 10.0. The highest BCUT2D eigenvalue weighted by Gasteiger charge is 2.28. The van der Waals surface area contributed by atoms with E-state index in [0.29, 0.717) is 19.5 Å². The summed E-state index contributed by atoms with van der Waals surface area (Å²) in [5.41, 5.74) is 1.70. The minimum Gasteiger partial charge on any atom is -0.359 e. The lowest BCUT2D eigenvalue weighted by Crippen LogP contribution is -2.50. The van der Waals surface area contributed by atoms with Crippen LogP contribution >= 0.6 is 0 Å². The van der Waals surface area contributed by atoms with Crippen LogP contribution in [0.25, 0.3) is 0 Å². The van der Waals surface area contributed by atoms with Crippen LogP contribution in [0.1, 0.15) is 32.6 Å². The van der Waals surface area contributed by atoms with Gasteiger partial charge in [0.2, 0.25) is 6.41 Å². The molecule has 3 amide bonds. The smallest absolute Gasteiger partial charge is 0.322 e. The van der Waals surface area contributed by atoms with E-state index < -0.39 is 0 Å². The van der Waals surface area contributed by atoms with Crippen LogP contribution < -0.4 is 10.6 Å². The van der Waals surface area contributed by atoms with Gasteiger partial charge in [-0.1, -0.05) is 39.0 Å². The van der Waals surface area contributed by atoms with Gasteiger partial charge in [-0.3, -0.25) is 4.79 Å². The van der Waals surface area contributed by atoms with E-state index in [1.807, 2.05) is 4.90 Å². The van der Waals surface area contributed by atoms with E-state index in [0.717, 1.165) is 37.0 Å². The standard InChI is InChI=1S/C16H25N3O2/c1-4-7-8-14(9-10-17-12-20)19-11-13(5-2)15(6-3)18-16(19)21/h5-6,12,14H,2-4,7-11H2,1H3,(H,17,20)(H,18,21). The Kier molecular flexibility index (Phi) is 7.29. The van der Waals surface area contributed by atoms with Crippen molar-refractivity contribution >= 4 is 12.4 Å². The minimum absolute atomic E-state index is 0.109. The van der Waals surface area contributed by atoms with E-state index in [9.17, 15) is 9.59 Å². The molecular formula is C16H25N3O2. The second-order valence-electron chi connectivity index (χ2n) is 5.06. The first-order valence-corrected chi connectivity index (χ1v) is 7.40. The molecule has 21 heavy (non-hydrogen) atoms. The van der Waals surface area contributed by atoms with Crippen LogP contribution in [0.15, 0.2) is 36.6 Å². The van der Waals surface area contributed by atoms with E-state index >= 15 is 0 Å². The maximum absolute atomic E-state index is 12.3. The molecule has 0 saturated heterocycles. The monoisotopic (exact) mass is 291 g/mol. The first kappa shape index (κ1) is 17.0. The highest BCUT2D eigenvalue weighted by Crippen LogP contribution is 2.20. The van der Waals surface area contributed by atoms with Gasteiger partial charge in [0, 0.05) is 24.8 Å². The maximum atomic E-state index is 12.3. The fraction of sp³-hybridized carbons (Fsp3) is 0.500. The molecular weight excluding hydrogens is 266 g/mol. The van der Waals surface area contributed by atoms with Crippen molar-refractivity contribution in [3.63, 3.8) is 0 Å². The highest BCUT2D eigenvalue weighted by atomic mass is 16.2. The molecule has 5 heteroatoms. The van der Waals surface area contributed by atoms with Crippen molar-refractivity contribution in [3.05, 3.63) is 36.6 Å². The summed E-state index contributed by atoms with van der Waals surface area (Å²) in [6, 6.07) is 0.00132. The number of nitrogens with zero attached hydrogens (tertiary/aromatic N) is 1. The Morgan fingerprint density at radius 1 is 1.38 bits per heavy atom. The summed E-state index contributed by atoms with van der Waals surface area (Å²) >= 11 is 0. The summed E-state index contributed by atoms with van der Waals surface area (Å²) in [5, 5.41) is 5.52. The topological polar surface area (TPSA) is 61.4 Å². The molecule has 0 aromatic heterocycles. The fourth-order valence-corrected chi connectivity index (χ4v) is 2.46. The Balaban J connectivity index is 2.82. The average Bonchev–Trinajstić information content (AvgIpc) is 2.50. The molecule has 0 aromatic carbocycles. The zero-order chi connectivity index (χ0) is 15.7. The zero-order valence-electron chi connectivity index (χ0n) is 12.7. The van der Waals surface area contributed by atoms with Crippen molar-refractivity contribution in [2.24, 2.45) is 0 Å². The van der Waals surface area contributed by atoms with E-state index in [1.165, 1.54) is 0 Å². The number of urea groups is 1. The molecule has 116 valence electrons. The third kappa shape index (κ3) is 4.77. The molecule has 0 aliphatic carbocycles. The first-order chi connectivity index (χ1) is 10.2. The summed E-state index contributed by atoms with van der Waals surface area (Å²) in [7, 11) is 0. The van der Waals surface area contributed by atoms with Crippen LogP contribution in [0.3, 0.4) is 0 Å². The molecule has 1 rings (SSSR count). The number of carbonyl (C=O) groups excluding carboxylic acids is 2. The number of nitrogens with one attached hydrogen (secondary N) is 2. The van der Waals surface area contributed by atoms with E-state index in [1.54, 1.807) is 12.2 Å². The van der Waals surface area contributed by atoms with Gasteiger partial charge < -0.3 is 15.5 Å². The molecule has 0 spiro atoms. The van der Waals surface area contributed by atoms with Gasteiger partial charge in [0.1, 0.15) is 0 Å². The van der Waals surface area contributed by atoms with Crippen LogP contribution in [0.2, 0.25) is 0 Å². The quantitative estimate of drug-likeness (QED) is 0.479. The molecule has 1 heterocycles. The summed E-state index contributed by atoms with van der Waals surface area (Å²) < 4.78 is 0. The Morgan fingerprint density at radius 3 is 2.71 bits per heavy atom. The minimum atomic E-state index is -0.109. The van der Waals surface area contributed by atoms with Crippen LogP contribution in [0.5, 0.6) is 0 Å². The van der Waals surface area contributed by atoms with Crippen molar-refractivity contribution in [1.29, 1.82) is 0 Å². The highest BCUT2D eigenvalue weighted by molar-refractivity contribution is 5.79. The van der Waals surface area contributed by atoms with Crippen molar-refractivity contribution in [2.45, 2.75) is 38.6 Å². The molecule has 0 bridgehead atoms. The Bertz CT molecular complexity index is 429. The molecule has 1 aliphatic heterocycles. The third-order valence-corrected chi connectivity index (χ3v) is 3.68. The number of rotatable bonds is 10. The van der Waals surface area contributed by atoms with Crippen LogP contribution in [0, 0.1) is 0 Å². The number of carbonyl (C=O) groups is 2. The van der Waals surface area contributed by atoms with Crippen molar-refractivity contribution < 1.29 is 9.59 Å². The maximum Gasteiger partial charge on any atom is 0.322 e. The van der Waals surface area contributed by atoms with Crippen molar-refractivity contribution in [2.75, 3.05) is 13.1 Å². The third-order valence-electron chi connectivity index (χ3n) is 3.68. The summed E-state index contributed by atoms with van der Waals surface area (Å²) in [4.78, 5) is 24.5. The zero-order valence-corrected chi connectivity index (χ0v) is 12.7. The van der Waals surface area contributed by atoms with Crippen LogP contribution in [-0.4, -0.2) is 36.5 Å². The van der Waals surface area contributed by atoms with Crippen LogP contribution in [-0.2, 0) is 4.79 Å². The average molecular weight is 291 g/mol. The first-order valence-electron chi connectivity index (χ1n) is 7.40. The summed E-state index contributed by atoms with van der Waals surface area (Å²) in [6.45, 7) is 10.7. The normalized spacial score (nSPS) is 16.2. The van der Waals surface area contributed by atoms with Gasteiger partial charge in [-0.15, -0.1) is 0 Å². The molecule has 1 unspecified atom stereocenters. The van der Waals surface area contributed by atoms with Gasteiger partial charge in [0.15, 0.2) is 0 Å². The number of hydrogen-bond donors (Lipinski definition) is 2. The summed E-state index contributed by atoms with van der Waals surface area (Å²) in [5.74, 6) is 0. The van der Waals surface area contributed by atoms with Crippen molar-refractivity contribution in [1.82, 2.24) is 15.5 Å². The Hall–Kier alpha value is -2.04. The number of hydrogen-bond acceptors (Lipinski definition) is 2. The number of amides is 3. The second-order valence-corrected chi connectivity index (χ2v) is 5.06. The van der Waals surface area contributed by atoms with Gasteiger partial charge in [-0.2, -0.15) is 0 Å². The fourth-order valence-electron chi connectivity index (χ4n) is 2.46. The number of allylic oxidation sites excluding steroid dienone is 1. The molecule has 0 radical (unpaired) electrons. The lowest BCUT2D eigenvalue weighted by Gasteiger charge is -2.36. The second kappa shape index (κ2) is 9.00. The van der Waals surface area contributed by atoms with Gasteiger partial charge in [0.05, 0.1) is 0 Å². The predicted octanol–water partition coefficient (Wildman–Crippen LogP) is 2.33. The Labute approximate surface area is 126 Å². The van der Waals surface area contributed by atoms with Gasteiger partial charge in [0.25, 0.3) is 0 Å². The molecule has 1 atom stereocenters. The molecule has 1 aliphatic rings. The largest absolute Gasteiger partial charge is 0.359 e. The number of unbranched alkanes of at least 4 members (excludes halogenated alkanes) is 1. The molecule has 0 fully saturated rings. The molecule has 0 saturated carbocycles. The van der Waals surface area contributed by atoms with Crippen molar-refractivity contribution in [3.8, 4) is 0 Å². The van der Waals surface area contributed by atoms with E-state index in [4.69, 9.17) is 0 Å². The lowest BCUT2D eigenvalue weighted by molar-refractivity contribution is -0.109. The molecule has 5 nitrogen and oxygen atoms in total. The van der Waals surface area contributed by atoms with Gasteiger partial charge >= 0.3 is 6.03 Å². The van der Waals surface area contributed by atoms with E-state index in [2.05, 4.69) is 30.7 Å². The van der Waals surface area contributed by atoms with Gasteiger partial charge in [-0.05, 0) is 24.5 Å². The molecule has 0 aromatic rings. The summed E-state index contributed by atoms with van der Waals surface area (Å²) in [6.07, 6.45) is 7.90. The Morgan fingerprint density at radius 2 is 2.14 bits per heavy atom. The SMILES string of the molecule is C=CC1=C(C=C)NC(=O)N(C(CCCC)CCNC=O)C1.